The van der Waals surface area contributed by atoms with Crippen molar-refractivity contribution >= 4 is 10.8 Å². The first-order valence-corrected chi connectivity index (χ1v) is 6.80. The Bertz CT molecular complexity index is 536. The summed E-state index contributed by atoms with van der Waals surface area (Å²) in [5.41, 5.74) is 1.29. The lowest BCUT2D eigenvalue weighted by Gasteiger charge is -2.40. The maximum atomic E-state index is 4.62. The predicted octanol–water partition coefficient (Wildman–Crippen LogP) is 3.29. The predicted molar refractivity (Wildman–Crippen MR) is 75.8 cm³/mol. The van der Waals surface area contributed by atoms with E-state index in [-0.39, 0.29) is 0 Å². The molecule has 1 aliphatic heterocycles. The number of fused-ring (bicyclic) bond motifs is 1. The summed E-state index contributed by atoms with van der Waals surface area (Å²) in [7, 11) is 0. The lowest BCUT2D eigenvalue weighted by molar-refractivity contribution is 0.130. The second kappa shape index (κ2) is 4.69. The first kappa shape index (κ1) is 11.7. The standard InChI is InChI=1S/C16H20N2/c1-12(2)9-18-10-14(11-18)16-15-6-4-3-5-13(15)7-8-17-16/h3-8,12,14H,9-11H2,1-2H3. The molecular formula is C16H20N2. The van der Waals surface area contributed by atoms with Gasteiger partial charge in [0.15, 0.2) is 0 Å². The lowest BCUT2D eigenvalue weighted by Crippen LogP contribution is -2.46. The highest BCUT2D eigenvalue weighted by atomic mass is 15.2. The van der Waals surface area contributed by atoms with E-state index < -0.39 is 0 Å². The highest BCUT2D eigenvalue weighted by Crippen LogP contribution is 2.30. The molecule has 1 aromatic carbocycles. The smallest absolute Gasteiger partial charge is 0.0538 e. The van der Waals surface area contributed by atoms with Gasteiger partial charge in [-0.15, -0.1) is 0 Å². The molecular weight excluding hydrogens is 220 g/mol. The summed E-state index contributed by atoms with van der Waals surface area (Å²) in [6.07, 6.45) is 1.95. The van der Waals surface area contributed by atoms with Crippen LogP contribution in [-0.2, 0) is 0 Å². The number of pyridine rings is 1. The molecule has 1 saturated heterocycles. The van der Waals surface area contributed by atoms with Gasteiger partial charge in [-0.1, -0.05) is 38.1 Å². The molecule has 18 heavy (non-hydrogen) atoms. The van der Waals surface area contributed by atoms with Gasteiger partial charge in [0, 0.05) is 37.1 Å². The van der Waals surface area contributed by atoms with Gasteiger partial charge in [0.2, 0.25) is 0 Å². The van der Waals surface area contributed by atoms with Crippen LogP contribution in [0.5, 0.6) is 0 Å². The van der Waals surface area contributed by atoms with Gasteiger partial charge in [-0.25, -0.2) is 0 Å². The molecule has 0 spiro atoms. The molecule has 0 unspecified atom stereocenters. The van der Waals surface area contributed by atoms with Gasteiger partial charge in [-0.2, -0.15) is 0 Å². The normalized spacial score (nSPS) is 17.3. The van der Waals surface area contributed by atoms with Crippen LogP contribution < -0.4 is 0 Å². The largest absolute Gasteiger partial charge is 0.302 e. The Balaban J connectivity index is 1.80. The van der Waals surface area contributed by atoms with Crippen molar-refractivity contribution in [3.63, 3.8) is 0 Å². The Hall–Kier alpha value is -1.41. The summed E-state index contributed by atoms with van der Waals surface area (Å²) in [6, 6.07) is 10.7. The van der Waals surface area contributed by atoms with E-state index in [2.05, 4.69) is 54.1 Å². The van der Waals surface area contributed by atoms with E-state index in [1.165, 1.54) is 36.1 Å². The van der Waals surface area contributed by atoms with Crippen LogP contribution in [0.4, 0.5) is 0 Å². The van der Waals surface area contributed by atoms with Crippen molar-refractivity contribution < 1.29 is 0 Å². The van der Waals surface area contributed by atoms with Crippen molar-refractivity contribution in [1.29, 1.82) is 0 Å². The number of hydrogen-bond acceptors (Lipinski definition) is 2. The zero-order valence-electron chi connectivity index (χ0n) is 11.1. The lowest BCUT2D eigenvalue weighted by atomic mass is 9.91. The molecule has 1 aliphatic rings. The highest BCUT2D eigenvalue weighted by Gasteiger charge is 2.30. The molecule has 0 N–H and O–H groups in total. The minimum absolute atomic E-state index is 0.620. The Morgan fingerprint density at radius 2 is 2.00 bits per heavy atom. The van der Waals surface area contributed by atoms with Gasteiger partial charge in [0.05, 0.1) is 5.69 Å². The molecule has 0 saturated carbocycles. The fraction of sp³-hybridized carbons (Fsp3) is 0.438. The van der Waals surface area contributed by atoms with Crippen molar-refractivity contribution in [2.75, 3.05) is 19.6 Å². The Morgan fingerprint density at radius 3 is 2.78 bits per heavy atom. The van der Waals surface area contributed by atoms with Crippen LogP contribution in [0.1, 0.15) is 25.5 Å². The van der Waals surface area contributed by atoms with Crippen LogP contribution in [-0.4, -0.2) is 29.5 Å². The second-order valence-electron chi connectivity index (χ2n) is 5.73. The molecule has 94 valence electrons. The average Bonchev–Trinajstić information content (AvgIpc) is 2.32. The van der Waals surface area contributed by atoms with E-state index in [4.69, 9.17) is 0 Å². The third kappa shape index (κ3) is 2.13. The molecule has 2 aromatic rings. The third-order valence-corrected chi connectivity index (χ3v) is 3.67. The van der Waals surface area contributed by atoms with Gasteiger partial charge in [0.1, 0.15) is 0 Å². The molecule has 3 rings (SSSR count). The summed E-state index contributed by atoms with van der Waals surface area (Å²) in [5, 5.41) is 2.64. The molecule has 2 heteroatoms. The van der Waals surface area contributed by atoms with E-state index in [0.717, 1.165) is 5.92 Å². The fourth-order valence-corrected chi connectivity index (χ4v) is 2.88. The SMILES string of the molecule is CC(C)CN1CC(c2nccc3ccccc23)C1. The van der Waals surface area contributed by atoms with E-state index >= 15 is 0 Å². The maximum absolute atomic E-state index is 4.62. The topological polar surface area (TPSA) is 16.1 Å². The fourth-order valence-electron chi connectivity index (χ4n) is 2.88. The zero-order chi connectivity index (χ0) is 12.5. The molecule has 0 atom stereocenters. The van der Waals surface area contributed by atoms with Crippen LogP contribution in [0.15, 0.2) is 36.5 Å². The quantitative estimate of drug-likeness (QED) is 0.818. The van der Waals surface area contributed by atoms with Crippen LogP contribution in [0.2, 0.25) is 0 Å². The van der Waals surface area contributed by atoms with Crippen LogP contribution in [0, 0.1) is 5.92 Å². The summed E-state index contributed by atoms with van der Waals surface area (Å²) in [6.45, 7) is 8.10. The van der Waals surface area contributed by atoms with Gasteiger partial charge < -0.3 is 4.90 Å². The highest BCUT2D eigenvalue weighted by molar-refractivity contribution is 5.84. The van der Waals surface area contributed by atoms with Gasteiger partial charge in [0.25, 0.3) is 0 Å². The molecule has 2 nitrogen and oxygen atoms in total. The van der Waals surface area contributed by atoms with E-state index in [0.29, 0.717) is 5.92 Å². The Morgan fingerprint density at radius 1 is 1.22 bits per heavy atom. The minimum Gasteiger partial charge on any atom is -0.302 e. The summed E-state index contributed by atoms with van der Waals surface area (Å²) >= 11 is 0. The van der Waals surface area contributed by atoms with Crippen molar-refractivity contribution in [3.05, 3.63) is 42.2 Å². The molecule has 0 radical (unpaired) electrons. The number of likely N-dealkylation sites (tertiary alicyclic amines) is 1. The maximum Gasteiger partial charge on any atom is 0.0538 e. The van der Waals surface area contributed by atoms with Crippen molar-refractivity contribution in [3.8, 4) is 0 Å². The molecule has 0 aliphatic carbocycles. The molecule has 1 aromatic heterocycles. The average molecular weight is 240 g/mol. The Labute approximate surface area is 109 Å². The first-order valence-electron chi connectivity index (χ1n) is 6.80. The van der Waals surface area contributed by atoms with E-state index in [1.54, 1.807) is 0 Å². The van der Waals surface area contributed by atoms with Crippen LogP contribution in [0.3, 0.4) is 0 Å². The monoisotopic (exact) mass is 240 g/mol. The van der Waals surface area contributed by atoms with Crippen molar-refractivity contribution in [2.45, 2.75) is 19.8 Å². The molecule has 2 heterocycles. The van der Waals surface area contributed by atoms with Crippen molar-refractivity contribution in [1.82, 2.24) is 9.88 Å². The van der Waals surface area contributed by atoms with Gasteiger partial charge in [-0.05, 0) is 17.4 Å². The molecule has 0 bridgehead atoms. The number of rotatable bonds is 3. The number of nitrogens with zero attached hydrogens (tertiary/aromatic N) is 2. The van der Waals surface area contributed by atoms with Gasteiger partial charge >= 0.3 is 0 Å². The number of aromatic nitrogens is 1. The Kier molecular flexibility index (Phi) is 3.04. The van der Waals surface area contributed by atoms with Crippen LogP contribution >= 0.6 is 0 Å². The van der Waals surface area contributed by atoms with Gasteiger partial charge in [-0.3, -0.25) is 4.98 Å². The zero-order valence-corrected chi connectivity index (χ0v) is 11.1. The van der Waals surface area contributed by atoms with Crippen molar-refractivity contribution in [2.24, 2.45) is 5.92 Å². The second-order valence-corrected chi connectivity index (χ2v) is 5.73. The summed E-state index contributed by atoms with van der Waals surface area (Å²) < 4.78 is 0. The minimum atomic E-state index is 0.620. The first-order chi connectivity index (χ1) is 8.74. The number of hydrogen-bond donors (Lipinski definition) is 0. The molecule has 1 fully saturated rings. The summed E-state index contributed by atoms with van der Waals surface area (Å²) in [4.78, 5) is 7.14. The molecule has 0 amide bonds. The van der Waals surface area contributed by atoms with E-state index in [9.17, 15) is 0 Å². The third-order valence-electron chi connectivity index (χ3n) is 3.67. The number of benzene rings is 1. The summed E-state index contributed by atoms with van der Waals surface area (Å²) in [5.74, 6) is 1.38. The van der Waals surface area contributed by atoms with Crippen LogP contribution in [0.25, 0.3) is 10.8 Å². The van der Waals surface area contributed by atoms with E-state index in [1.807, 2.05) is 6.20 Å².